The molecule has 1 aromatic carbocycles. The molecule has 0 aliphatic rings. The molecule has 0 amide bonds. The molecule has 0 bridgehead atoms. The zero-order chi connectivity index (χ0) is 11.2. The molecule has 2 rings (SSSR count). The topological polar surface area (TPSA) is 71.5 Å². The van der Waals surface area contributed by atoms with Crippen molar-refractivity contribution in [3.05, 3.63) is 29.8 Å². The van der Waals surface area contributed by atoms with E-state index in [1.807, 2.05) is 24.3 Å². The Morgan fingerprint density at radius 2 is 2.31 bits per heavy atom. The van der Waals surface area contributed by atoms with Crippen LogP contribution < -0.4 is 0 Å². The summed E-state index contributed by atoms with van der Waals surface area (Å²) in [4.78, 5) is 10.2. The average molecular weight is 216 g/mol. The van der Waals surface area contributed by atoms with Gasteiger partial charge in [-0.1, -0.05) is 18.2 Å². The maximum absolute atomic E-state index is 10.2. The number of unbranched alkanes of at least 4 members (excludes halogenated alkanes) is 1. The van der Waals surface area contributed by atoms with E-state index in [0.717, 1.165) is 24.7 Å². The molecule has 0 aliphatic heterocycles. The van der Waals surface area contributed by atoms with Gasteiger partial charge in [-0.3, -0.25) is 0 Å². The summed E-state index contributed by atoms with van der Waals surface area (Å²) in [6.07, 6.45) is 3.32. The number of nitrogens with one attached hydrogen (secondary N) is 1. The Morgan fingerprint density at radius 3 is 3.06 bits per heavy atom. The Hall–Kier alpha value is -2.04. The summed E-state index contributed by atoms with van der Waals surface area (Å²) in [6.45, 7) is 0. The van der Waals surface area contributed by atoms with Gasteiger partial charge in [0.1, 0.15) is 6.29 Å². The number of H-pyrrole nitrogens is 1. The minimum atomic E-state index is 0.595. The van der Waals surface area contributed by atoms with Crippen LogP contribution in [-0.2, 0) is 11.2 Å². The van der Waals surface area contributed by atoms with Crippen LogP contribution in [-0.4, -0.2) is 26.9 Å². The van der Waals surface area contributed by atoms with Crippen LogP contribution in [0.15, 0.2) is 24.3 Å². The van der Waals surface area contributed by atoms with Gasteiger partial charge in [0.15, 0.2) is 0 Å². The fourth-order valence-electron chi connectivity index (χ4n) is 1.54. The van der Waals surface area contributed by atoms with Gasteiger partial charge in [-0.2, -0.15) is 5.21 Å². The van der Waals surface area contributed by atoms with Crippen LogP contribution in [0.3, 0.4) is 0 Å². The molecule has 0 saturated heterocycles. The standard InChI is InChI=1S/C11H12N4O/c16-7-2-1-4-9-5-3-6-10(8-9)11-12-14-15-13-11/h3,5-8H,1-2,4H2,(H,12,13,14,15). The maximum Gasteiger partial charge on any atom is 0.204 e. The number of aldehydes is 1. The van der Waals surface area contributed by atoms with Gasteiger partial charge in [-0.15, -0.1) is 10.2 Å². The SMILES string of the molecule is O=CCCCc1cccc(-c2nn[nH]n2)c1. The van der Waals surface area contributed by atoms with E-state index in [1.54, 1.807) is 0 Å². The molecule has 0 spiro atoms. The van der Waals surface area contributed by atoms with Crippen LogP contribution in [0.1, 0.15) is 18.4 Å². The molecule has 0 saturated carbocycles. The predicted molar refractivity (Wildman–Crippen MR) is 58.6 cm³/mol. The molecule has 5 nitrogen and oxygen atoms in total. The Bertz CT molecular complexity index is 453. The van der Waals surface area contributed by atoms with Crippen LogP contribution in [0.5, 0.6) is 0 Å². The van der Waals surface area contributed by atoms with Gasteiger partial charge in [0.25, 0.3) is 0 Å². The normalized spacial score (nSPS) is 10.2. The highest BCUT2D eigenvalue weighted by Gasteiger charge is 2.03. The Morgan fingerprint density at radius 1 is 1.38 bits per heavy atom. The molecular weight excluding hydrogens is 204 g/mol. The van der Waals surface area contributed by atoms with Gasteiger partial charge in [0.05, 0.1) is 0 Å². The van der Waals surface area contributed by atoms with E-state index in [1.165, 1.54) is 5.56 Å². The number of benzene rings is 1. The number of aromatic nitrogens is 4. The second kappa shape index (κ2) is 5.16. The number of hydrogen-bond donors (Lipinski definition) is 1. The Labute approximate surface area is 92.9 Å². The van der Waals surface area contributed by atoms with Crippen molar-refractivity contribution >= 4 is 6.29 Å². The number of tetrazole rings is 1. The van der Waals surface area contributed by atoms with E-state index < -0.39 is 0 Å². The minimum Gasteiger partial charge on any atom is -0.303 e. The van der Waals surface area contributed by atoms with E-state index in [4.69, 9.17) is 0 Å². The number of nitrogens with zero attached hydrogens (tertiary/aromatic N) is 3. The van der Waals surface area contributed by atoms with Crippen molar-refractivity contribution in [1.82, 2.24) is 20.6 Å². The summed E-state index contributed by atoms with van der Waals surface area (Å²) in [5, 5.41) is 13.8. The first kappa shape index (κ1) is 10.5. The van der Waals surface area contributed by atoms with Gasteiger partial charge in [-0.25, -0.2) is 0 Å². The van der Waals surface area contributed by atoms with Gasteiger partial charge >= 0.3 is 0 Å². The van der Waals surface area contributed by atoms with Crippen molar-refractivity contribution in [3.63, 3.8) is 0 Å². The van der Waals surface area contributed by atoms with Crippen LogP contribution in [0.25, 0.3) is 11.4 Å². The van der Waals surface area contributed by atoms with Crippen molar-refractivity contribution in [1.29, 1.82) is 0 Å². The number of aryl methyl sites for hydroxylation is 1. The molecule has 82 valence electrons. The molecule has 0 aliphatic carbocycles. The van der Waals surface area contributed by atoms with E-state index in [-0.39, 0.29) is 0 Å². The highest BCUT2D eigenvalue weighted by atomic mass is 16.1. The molecule has 1 aromatic heterocycles. The Kier molecular flexibility index (Phi) is 3.38. The molecule has 0 fully saturated rings. The summed E-state index contributed by atoms with van der Waals surface area (Å²) in [5.41, 5.74) is 2.13. The third-order valence-electron chi connectivity index (χ3n) is 2.32. The Balaban J connectivity index is 2.10. The summed E-state index contributed by atoms with van der Waals surface area (Å²) in [5.74, 6) is 0.595. The fraction of sp³-hybridized carbons (Fsp3) is 0.273. The van der Waals surface area contributed by atoms with E-state index >= 15 is 0 Å². The average Bonchev–Trinajstić information content (AvgIpc) is 2.83. The molecule has 0 radical (unpaired) electrons. The number of carbonyl (C=O) groups excluding carboxylic acids is 1. The largest absolute Gasteiger partial charge is 0.303 e. The lowest BCUT2D eigenvalue weighted by Gasteiger charge is -2.00. The van der Waals surface area contributed by atoms with Crippen molar-refractivity contribution in [3.8, 4) is 11.4 Å². The third-order valence-corrected chi connectivity index (χ3v) is 2.32. The monoisotopic (exact) mass is 216 g/mol. The van der Waals surface area contributed by atoms with Gasteiger partial charge in [0, 0.05) is 12.0 Å². The van der Waals surface area contributed by atoms with Crippen molar-refractivity contribution in [2.75, 3.05) is 0 Å². The summed E-state index contributed by atoms with van der Waals surface area (Å²) >= 11 is 0. The predicted octanol–water partition coefficient (Wildman–Crippen LogP) is 1.39. The molecule has 2 aromatic rings. The number of aromatic amines is 1. The van der Waals surface area contributed by atoms with Crippen molar-refractivity contribution in [2.24, 2.45) is 0 Å². The highest BCUT2D eigenvalue weighted by molar-refractivity contribution is 5.55. The van der Waals surface area contributed by atoms with Gasteiger partial charge in [-0.05, 0) is 29.7 Å². The zero-order valence-corrected chi connectivity index (χ0v) is 8.76. The minimum absolute atomic E-state index is 0.595. The van der Waals surface area contributed by atoms with Crippen molar-refractivity contribution in [2.45, 2.75) is 19.3 Å². The lowest BCUT2D eigenvalue weighted by molar-refractivity contribution is -0.107. The lowest BCUT2D eigenvalue weighted by Crippen LogP contribution is -1.88. The highest BCUT2D eigenvalue weighted by Crippen LogP contribution is 2.16. The molecule has 16 heavy (non-hydrogen) atoms. The van der Waals surface area contributed by atoms with Crippen LogP contribution >= 0.6 is 0 Å². The first-order valence-corrected chi connectivity index (χ1v) is 5.16. The summed E-state index contributed by atoms with van der Waals surface area (Å²) < 4.78 is 0. The van der Waals surface area contributed by atoms with Gasteiger partial charge < -0.3 is 4.79 Å². The maximum atomic E-state index is 10.2. The number of carbonyl (C=O) groups is 1. The van der Waals surface area contributed by atoms with E-state index in [0.29, 0.717) is 12.2 Å². The number of hydrogen-bond acceptors (Lipinski definition) is 4. The first-order chi connectivity index (χ1) is 7.90. The lowest BCUT2D eigenvalue weighted by atomic mass is 10.1. The zero-order valence-electron chi connectivity index (χ0n) is 8.76. The molecule has 5 heteroatoms. The van der Waals surface area contributed by atoms with Crippen molar-refractivity contribution < 1.29 is 4.79 Å². The van der Waals surface area contributed by atoms with Crippen LogP contribution in [0.2, 0.25) is 0 Å². The summed E-state index contributed by atoms with van der Waals surface area (Å²) in [7, 11) is 0. The van der Waals surface area contributed by atoms with Crippen LogP contribution in [0, 0.1) is 0 Å². The summed E-state index contributed by atoms with van der Waals surface area (Å²) in [6, 6.07) is 7.96. The van der Waals surface area contributed by atoms with Crippen LogP contribution in [0.4, 0.5) is 0 Å². The quantitative estimate of drug-likeness (QED) is 0.605. The molecule has 0 atom stereocenters. The second-order valence-corrected chi connectivity index (χ2v) is 3.49. The van der Waals surface area contributed by atoms with E-state index in [9.17, 15) is 4.79 Å². The fourth-order valence-corrected chi connectivity index (χ4v) is 1.54. The van der Waals surface area contributed by atoms with Gasteiger partial charge in [0.2, 0.25) is 5.82 Å². The first-order valence-electron chi connectivity index (χ1n) is 5.16. The smallest absolute Gasteiger partial charge is 0.204 e. The molecule has 0 unspecified atom stereocenters. The third kappa shape index (κ3) is 2.50. The molecule has 1 heterocycles. The molecule has 1 N–H and O–H groups in total. The van der Waals surface area contributed by atoms with E-state index in [2.05, 4.69) is 20.6 Å². The number of rotatable bonds is 5. The second-order valence-electron chi connectivity index (χ2n) is 3.49. The molecular formula is C11H12N4O.